The molecular formula is C12H19N3O2S2. The molecule has 1 heterocycles. The van der Waals surface area contributed by atoms with Crippen LogP contribution in [0.1, 0.15) is 37.4 Å². The van der Waals surface area contributed by atoms with Crippen molar-refractivity contribution in [1.29, 1.82) is 0 Å². The Morgan fingerprint density at radius 1 is 1.42 bits per heavy atom. The summed E-state index contributed by atoms with van der Waals surface area (Å²) in [6, 6.07) is 0. The molecule has 0 bridgehead atoms. The minimum absolute atomic E-state index is 0.0492. The van der Waals surface area contributed by atoms with Crippen molar-refractivity contribution in [2.24, 2.45) is 0 Å². The van der Waals surface area contributed by atoms with Gasteiger partial charge in [0, 0.05) is 12.5 Å². The van der Waals surface area contributed by atoms with Gasteiger partial charge in [-0.05, 0) is 37.7 Å². The maximum atomic E-state index is 10.7. The average molecular weight is 301 g/mol. The van der Waals surface area contributed by atoms with Gasteiger partial charge in [0.2, 0.25) is 0 Å². The number of nitrogens with zero attached hydrogens (tertiary/aromatic N) is 3. The van der Waals surface area contributed by atoms with Crippen LogP contribution >= 0.6 is 23.5 Å². The number of carbonyl (C=O) groups is 1. The second-order valence-corrected chi connectivity index (χ2v) is 6.58. The highest BCUT2D eigenvalue weighted by Crippen LogP contribution is 2.40. The molecule has 106 valence electrons. The first-order valence-corrected chi connectivity index (χ1v) is 8.87. The topological polar surface area (TPSA) is 68.0 Å². The zero-order chi connectivity index (χ0) is 13.7. The fourth-order valence-electron chi connectivity index (χ4n) is 1.90. The quantitative estimate of drug-likeness (QED) is 0.558. The van der Waals surface area contributed by atoms with Gasteiger partial charge in [-0.3, -0.25) is 4.79 Å². The first kappa shape index (κ1) is 14.7. The van der Waals surface area contributed by atoms with E-state index in [4.69, 9.17) is 5.11 Å². The molecule has 1 aliphatic rings. The van der Waals surface area contributed by atoms with Crippen LogP contribution in [0.3, 0.4) is 0 Å². The second-order valence-electron chi connectivity index (χ2n) is 4.65. The summed E-state index contributed by atoms with van der Waals surface area (Å²) >= 11 is 3.13. The highest BCUT2D eigenvalue weighted by atomic mass is 32.2. The maximum Gasteiger partial charge on any atom is 0.313 e. The Kier molecular flexibility index (Phi) is 5.57. The third-order valence-corrected chi connectivity index (χ3v) is 4.64. The van der Waals surface area contributed by atoms with Crippen molar-refractivity contribution in [3.8, 4) is 0 Å². The molecule has 1 aliphatic carbocycles. The van der Waals surface area contributed by atoms with Crippen molar-refractivity contribution < 1.29 is 9.90 Å². The van der Waals surface area contributed by atoms with E-state index in [1.165, 1.54) is 36.8 Å². The van der Waals surface area contributed by atoms with Gasteiger partial charge in [-0.25, -0.2) is 0 Å². The summed E-state index contributed by atoms with van der Waals surface area (Å²) < 4.78 is 2.13. The van der Waals surface area contributed by atoms with Crippen molar-refractivity contribution >= 4 is 29.5 Å². The van der Waals surface area contributed by atoms with Crippen molar-refractivity contribution in [3.63, 3.8) is 0 Å². The minimum atomic E-state index is -0.810. The van der Waals surface area contributed by atoms with Crippen LogP contribution < -0.4 is 0 Å². The Bertz CT molecular complexity index is 433. The number of carboxylic acid groups (broad SMARTS) is 1. The van der Waals surface area contributed by atoms with Gasteiger partial charge >= 0.3 is 5.97 Å². The molecule has 0 atom stereocenters. The number of aliphatic carboxylic acids is 1. The van der Waals surface area contributed by atoms with Gasteiger partial charge < -0.3 is 9.67 Å². The molecule has 0 aromatic carbocycles. The molecule has 2 rings (SSSR count). The number of unbranched alkanes of at least 4 members (excludes halogenated alkanes) is 1. The zero-order valence-corrected chi connectivity index (χ0v) is 12.7. The van der Waals surface area contributed by atoms with Crippen LogP contribution in [0.5, 0.6) is 0 Å². The minimum Gasteiger partial charge on any atom is -0.481 e. The summed E-state index contributed by atoms with van der Waals surface area (Å²) in [6.45, 7) is 0.904. The van der Waals surface area contributed by atoms with Gasteiger partial charge in [-0.15, -0.1) is 10.2 Å². The molecule has 1 saturated carbocycles. The summed E-state index contributed by atoms with van der Waals surface area (Å²) in [5.41, 5.74) is 0. The smallest absolute Gasteiger partial charge is 0.313 e. The van der Waals surface area contributed by atoms with Crippen molar-refractivity contribution in [1.82, 2.24) is 14.8 Å². The Labute approximate surface area is 121 Å². The summed E-state index contributed by atoms with van der Waals surface area (Å²) in [4.78, 5) is 10.7. The van der Waals surface area contributed by atoms with E-state index < -0.39 is 5.97 Å². The molecule has 7 heteroatoms. The first-order chi connectivity index (χ1) is 9.22. The maximum absolute atomic E-state index is 10.7. The van der Waals surface area contributed by atoms with E-state index in [0.717, 1.165) is 23.9 Å². The molecule has 1 aromatic heterocycles. The van der Waals surface area contributed by atoms with Crippen molar-refractivity contribution in [2.45, 2.75) is 43.3 Å². The van der Waals surface area contributed by atoms with E-state index in [-0.39, 0.29) is 5.75 Å². The normalized spacial score (nSPS) is 14.8. The molecule has 0 radical (unpaired) electrons. The van der Waals surface area contributed by atoms with Crippen LogP contribution in [-0.2, 0) is 11.3 Å². The number of carboxylic acids is 1. The summed E-state index contributed by atoms with van der Waals surface area (Å²) in [5, 5.41) is 17.9. The van der Waals surface area contributed by atoms with E-state index in [1.54, 1.807) is 0 Å². The third kappa shape index (κ3) is 4.42. The second kappa shape index (κ2) is 7.19. The van der Waals surface area contributed by atoms with Gasteiger partial charge in [0.15, 0.2) is 5.16 Å². The summed E-state index contributed by atoms with van der Waals surface area (Å²) in [5.74, 6) is 2.01. The monoisotopic (exact) mass is 301 g/mol. The van der Waals surface area contributed by atoms with Gasteiger partial charge in [0.05, 0.1) is 5.75 Å². The molecular weight excluding hydrogens is 282 g/mol. The molecule has 1 aromatic rings. The molecule has 1 fully saturated rings. The van der Waals surface area contributed by atoms with Crippen molar-refractivity contribution in [3.05, 3.63) is 5.82 Å². The van der Waals surface area contributed by atoms with Crippen LogP contribution in [0.15, 0.2) is 5.16 Å². The van der Waals surface area contributed by atoms with E-state index in [0.29, 0.717) is 5.92 Å². The zero-order valence-electron chi connectivity index (χ0n) is 11.0. The first-order valence-electron chi connectivity index (χ1n) is 6.49. The van der Waals surface area contributed by atoms with E-state index in [2.05, 4.69) is 21.0 Å². The fraction of sp³-hybridized carbons (Fsp3) is 0.750. The largest absolute Gasteiger partial charge is 0.481 e. The van der Waals surface area contributed by atoms with E-state index in [9.17, 15) is 4.79 Å². The molecule has 0 spiro atoms. The Hall–Kier alpha value is -0.690. The lowest BCUT2D eigenvalue weighted by molar-refractivity contribution is -0.133. The Morgan fingerprint density at radius 3 is 2.84 bits per heavy atom. The number of hydrogen-bond acceptors (Lipinski definition) is 5. The molecule has 0 amide bonds. The standard InChI is InChI=1S/C12H19N3O2S2/c1-18-7-3-2-6-15-11(9-4-5-9)13-14-12(15)19-8-10(16)17/h9H,2-8H2,1H3,(H,16,17). The van der Waals surface area contributed by atoms with Crippen LogP contribution in [0.25, 0.3) is 0 Å². The predicted molar refractivity (Wildman–Crippen MR) is 78.0 cm³/mol. The van der Waals surface area contributed by atoms with Crippen LogP contribution in [-0.4, -0.2) is 43.6 Å². The van der Waals surface area contributed by atoms with E-state index in [1.807, 2.05) is 11.8 Å². The van der Waals surface area contributed by atoms with Crippen LogP contribution in [0.4, 0.5) is 0 Å². The van der Waals surface area contributed by atoms with Crippen LogP contribution in [0, 0.1) is 0 Å². The molecule has 1 N–H and O–H groups in total. The number of rotatable bonds is 9. The Morgan fingerprint density at radius 2 is 2.21 bits per heavy atom. The third-order valence-electron chi connectivity index (χ3n) is 2.99. The highest BCUT2D eigenvalue weighted by Gasteiger charge is 2.30. The lowest BCUT2D eigenvalue weighted by atomic mass is 10.3. The number of thioether (sulfide) groups is 2. The molecule has 19 heavy (non-hydrogen) atoms. The lowest BCUT2D eigenvalue weighted by Crippen LogP contribution is -2.07. The van der Waals surface area contributed by atoms with Crippen molar-refractivity contribution in [2.75, 3.05) is 17.8 Å². The van der Waals surface area contributed by atoms with Gasteiger partial charge in [0.1, 0.15) is 5.82 Å². The molecule has 5 nitrogen and oxygen atoms in total. The lowest BCUT2D eigenvalue weighted by Gasteiger charge is -2.08. The Balaban J connectivity index is 1.98. The van der Waals surface area contributed by atoms with Gasteiger partial charge in [0.25, 0.3) is 0 Å². The molecule has 0 saturated heterocycles. The predicted octanol–water partition coefficient (Wildman–Crippen LogP) is 2.48. The van der Waals surface area contributed by atoms with Gasteiger partial charge in [-0.1, -0.05) is 11.8 Å². The summed E-state index contributed by atoms with van der Waals surface area (Å²) in [6.07, 6.45) is 6.76. The number of hydrogen-bond donors (Lipinski definition) is 1. The summed E-state index contributed by atoms with van der Waals surface area (Å²) in [7, 11) is 0. The average Bonchev–Trinajstić information content (AvgIpc) is 3.14. The van der Waals surface area contributed by atoms with E-state index >= 15 is 0 Å². The SMILES string of the molecule is CSCCCCn1c(SCC(=O)O)nnc1C1CC1. The van der Waals surface area contributed by atoms with Crippen LogP contribution in [0.2, 0.25) is 0 Å². The molecule has 0 unspecified atom stereocenters. The molecule has 0 aliphatic heterocycles. The van der Waals surface area contributed by atoms with Gasteiger partial charge in [-0.2, -0.15) is 11.8 Å². The number of aromatic nitrogens is 3. The fourth-order valence-corrected chi connectivity index (χ4v) is 3.09. The highest BCUT2D eigenvalue weighted by molar-refractivity contribution is 7.99.